The van der Waals surface area contributed by atoms with Crippen LogP contribution in [0, 0.1) is 0 Å². The van der Waals surface area contributed by atoms with Crippen LogP contribution in [0.5, 0.6) is 11.6 Å². The maximum atomic E-state index is 11.7. The van der Waals surface area contributed by atoms with E-state index in [2.05, 4.69) is 59.5 Å². The summed E-state index contributed by atoms with van der Waals surface area (Å²) in [5.41, 5.74) is 3.57. The summed E-state index contributed by atoms with van der Waals surface area (Å²) in [4.78, 5) is 30.4. The number of H-pyrrole nitrogens is 1. The van der Waals surface area contributed by atoms with E-state index in [1.165, 1.54) is 12.4 Å². The number of rotatable bonds is 11. The quantitative estimate of drug-likeness (QED) is 0.221. The Morgan fingerprint density at radius 1 is 1.21 bits per heavy atom. The zero-order chi connectivity index (χ0) is 26.3. The van der Waals surface area contributed by atoms with Crippen LogP contribution in [0.1, 0.15) is 6.42 Å². The van der Waals surface area contributed by atoms with Crippen molar-refractivity contribution >= 4 is 40.1 Å². The van der Waals surface area contributed by atoms with Crippen LogP contribution < -0.4 is 25.6 Å². The monoisotopic (exact) mass is 514 g/mol. The molecule has 1 amide bonds. The van der Waals surface area contributed by atoms with Crippen molar-refractivity contribution < 1.29 is 14.3 Å². The number of ether oxygens (including phenoxy) is 2. The summed E-state index contributed by atoms with van der Waals surface area (Å²) >= 11 is 0. The van der Waals surface area contributed by atoms with Gasteiger partial charge < -0.3 is 35.3 Å². The number of aromatic amines is 1. The van der Waals surface area contributed by atoms with Crippen molar-refractivity contribution in [3.8, 4) is 11.6 Å². The molecule has 1 unspecified atom stereocenters. The van der Waals surface area contributed by atoms with Crippen LogP contribution in [-0.4, -0.2) is 65.2 Å². The van der Waals surface area contributed by atoms with Crippen molar-refractivity contribution in [2.75, 3.05) is 48.9 Å². The Kier molecular flexibility index (Phi) is 7.76. The van der Waals surface area contributed by atoms with E-state index in [1.807, 2.05) is 12.1 Å². The first-order valence-corrected chi connectivity index (χ1v) is 12.4. The average molecular weight is 515 g/mol. The van der Waals surface area contributed by atoms with Crippen LogP contribution in [0.3, 0.4) is 0 Å². The summed E-state index contributed by atoms with van der Waals surface area (Å²) in [7, 11) is 1.73. The fourth-order valence-corrected chi connectivity index (χ4v) is 4.36. The topological polar surface area (TPSA) is 129 Å². The zero-order valence-electron chi connectivity index (χ0n) is 21.1. The van der Waals surface area contributed by atoms with Gasteiger partial charge in [0.2, 0.25) is 11.9 Å². The van der Waals surface area contributed by atoms with Gasteiger partial charge in [-0.2, -0.15) is 9.97 Å². The molecule has 0 radical (unpaired) electrons. The summed E-state index contributed by atoms with van der Waals surface area (Å²) in [6.45, 7) is 6.96. The van der Waals surface area contributed by atoms with Gasteiger partial charge in [0.1, 0.15) is 11.3 Å². The van der Waals surface area contributed by atoms with Gasteiger partial charge in [-0.25, -0.2) is 4.98 Å². The van der Waals surface area contributed by atoms with Crippen LogP contribution in [0.25, 0.3) is 11.2 Å². The summed E-state index contributed by atoms with van der Waals surface area (Å²) < 4.78 is 11.4. The first-order valence-electron chi connectivity index (χ1n) is 12.4. The predicted octanol–water partition coefficient (Wildman–Crippen LogP) is 3.83. The molecule has 11 heteroatoms. The molecule has 196 valence electrons. The van der Waals surface area contributed by atoms with Crippen molar-refractivity contribution in [2.45, 2.75) is 12.5 Å². The molecule has 1 atom stereocenters. The molecule has 1 aliphatic rings. The molecular formula is C27H30N8O3. The van der Waals surface area contributed by atoms with Gasteiger partial charge in [-0.3, -0.25) is 4.79 Å². The SMILES string of the molecule is C=CC(=O)Nc1cccc(Oc2nc(Nc3ccc(N(CCOC)C4CCNC4)cc3)nc3nc[nH]c23)c1. The third-order valence-electron chi connectivity index (χ3n) is 6.22. The smallest absolute Gasteiger partial charge is 0.250 e. The molecule has 2 aromatic heterocycles. The maximum Gasteiger partial charge on any atom is 0.250 e. The van der Waals surface area contributed by atoms with Crippen LogP contribution in [-0.2, 0) is 9.53 Å². The number of benzene rings is 2. The highest BCUT2D eigenvalue weighted by molar-refractivity contribution is 5.99. The molecule has 1 fully saturated rings. The number of methoxy groups -OCH3 is 1. The fraction of sp³-hybridized carbons (Fsp3) is 0.259. The first-order chi connectivity index (χ1) is 18.6. The number of carbonyl (C=O) groups is 1. The predicted molar refractivity (Wildman–Crippen MR) is 147 cm³/mol. The summed E-state index contributed by atoms with van der Waals surface area (Å²) in [6.07, 6.45) is 3.85. The molecule has 0 saturated carbocycles. The van der Waals surface area contributed by atoms with E-state index in [-0.39, 0.29) is 5.91 Å². The molecule has 0 bridgehead atoms. The van der Waals surface area contributed by atoms with Crippen molar-refractivity contribution in [1.82, 2.24) is 25.3 Å². The molecule has 11 nitrogen and oxygen atoms in total. The van der Waals surface area contributed by atoms with E-state index >= 15 is 0 Å². The second-order valence-corrected chi connectivity index (χ2v) is 8.78. The number of anilines is 4. The number of nitrogens with one attached hydrogen (secondary N) is 4. The molecule has 1 aliphatic heterocycles. The molecule has 2 aromatic carbocycles. The Bertz CT molecular complexity index is 1400. The minimum Gasteiger partial charge on any atom is -0.437 e. The third kappa shape index (κ3) is 5.90. The lowest BCUT2D eigenvalue weighted by Gasteiger charge is -2.30. The average Bonchev–Trinajstić information content (AvgIpc) is 3.63. The molecule has 1 saturated heterocycles. The molecule has 4 aromatic rings. The van der Waals surface area contributed by atoms with E-state index in [9.17, 15) is 4.79 Å². The molecular weight excluding hydrogens is 484 g/mol. The Labute approximate surface area is 220 Å². The van der Waals surface area contributed by atoms with Crippen LogP contribution in [0.15, 0.2) is 67.5 Å². The van der Waals surface area contributed by atoms with Gasteiger partial charge >= 0.3 is 0 Å². The van der Waals surface area contributed by atoms with E-state index in [0.717, 1.165) is 37.4 Å². The van der Waals surface area contributed by atoms with Gasteiger partial charge in [-0.15, -0.1) is 0 Å². The molecule has 4 N–H and O–H groups in total. The van der Waals surface area contributed by atoms with Gasteiger partial charge in [-0.1, -0.05) is 12.6 Å². The lowest BCUT2D eigenvalue weighted by atomic mass is 10.1. The summed E-state index contributed by atoms with van der Waals surface area (Å²) in [5.74, 6) is 0.840. The largest absolute Gasteiger partial charge is 0.437 e. The zero-order valence-corrected chi connectivity index (χ0v) is 21.1. The maximum absolute atomic E-state index is 11.7. The highest BCUT2D eigenvalue weighted by atomic mass is 16.5. The van der Waals surface area contributed by atoms with Crippen LogP contribution >= 0.6 is 0 Å². The van der Waals surface area contributed by atoms with Gasteiger partial charge in [0.25, 0.3) is 5.88 Å². The Morgan fingerprint density at radius 3 is 2.84 bits per heavy atom. The molecule has 5 rings (SSSR count). The highest BCUT2D eigenvalue weighted by Crippen LogP contribution is 2.29. The Balaban J connectivity index is 1.35. The second-order valence-electron chi connectivity index (χ2n) is 8.78. The Hall–Kier alpha value is -4.48. The first kappa shape index (κ1) is 25.2. The van der Waals surface area contributed by atoms with Crippen LogP contribution in [0.2, 0.25) is 0 Å². The minimum absolute atomic E-state index is 0.304. The van der Waals surface area contributed by atoms with Crippen molar-refractivity contribution in [3.63, 3.8) is 0 Å². The van der Waals surface area contributed by atoms with Gasteiger partial charge in [0.05, 0.1) is 12.9 Å². The normalized spacial score (nSPS) is 14.8. The highest BCUT2D eigenvalue weighted by Gasteiger charge is 2.22. The standard InChI is InChI=1S/C27H30N8O3/c1-3-23(36)31-19-5-4-6-22(15-19)38-26-24-25(30-17-29-24)33-27(34-26)32-18-7-9-20(10-8-18)35(13-14-37-2)21-11-12-28-16-21/h3-10,15,17,21,28H,1,11-14,16H2,2H3,(H,31,36)(H2,29,30,32,33,34). The second kappa shape index (κ2) is 11.7. The molecule has 3 heterocycles. The lowest BCUT2D eigenvalue weighted by Crippen LogP contribution is -2.39. The van der Waals surface area contributed by atoms with E-state index in [4.69, 9.17) is 9.47 Å². The van der Waals surface area contributed by atoms with Gasteiger partial charge in [0.15, 0.2) is 5.65 Å². The van der Waals surface area contributed by atoms with Crippen molar-refractivity contribution in [2.24, 2.45) is 0 Å². The molecule has 38 heavy (non-hydrogen) atoms. The molecule has 0 spiro atoms. The Morgan fingerprint density at radius 2 is 2.08 bits per heavy atom. The van der Waals surface area contributed by atoms with Crippen molar-refractivity contribution in [1.29, 1.82) is 0 Å². The number of nitrogens with zero attached hydrogens (tertiary/aromatic N) is 4. The number of imidazole rings is 1. The number of amides is 1. The number of carbonyl (C=O) groups excluding carboxylic acids is 1. The third-order valence-corrected chi connectivity index (χ3v) is 6.22. The molecule has 0 aliphatic carbocycles. The van der Waals surface area contributed by atoms with Gasteiger partial charge in [-0.05, 0) is 55.4 Å². The van der Waals surface area contributed by atoms with E-state index in [0.29, 0.717) is 47.1 Å². The lowest BCUT2D eigenvalue weighted by molar-refractivity contribution is -0.111. The van der Waals surface area contributed by atoms with E-state index in [1.54, 1.807) is 31.4 Å². The number of fused-ring (bicyclic) bond motifs is 1. The summed E-state index contributed by atoms with van der Waals surface area (Å²) in [6, 6.07) is 15.6. The number of hydrogen-bond donors (Lipinski definition) is 4. The van der Waals surface area contributed by atoms with Crippen LogP contribution in [0.4, 0.5) is 23.0 Å². The minimum atomic E-state index is -0.306. The fourth-order valence-electron chi connectivity index (χ4n) is 4.36. The van der Waals surface area contributed by atoms with Gasteiger partial charge in [0, 0.05) is 49.4 Å². The van der Waals surface area contributed by atoms with E-state index < -0.39 is 0 Å². The number of aromatic nitrogens is 4. The van der Waals surface area contributed by atoms with Crippen molar-refractivity contribution in [3.05, 3.63) is 67.5 Å². The number of hydrogen-bond acceptors (Lipinski definition) is 9. The summed E-state index contributed by atoms with van der Waals surface area (Å²) in [5, 5.41) is 9.41.